The van der Waals surface area contributed by atoms with Crippen LogP contribution >= 0.6 is 0 Å². The molecular formula is C24H28N4O4. The van der Waals surface area contributed by atoms with E-state index in [4.69, 9.17) is 9.47 Å². The minimum Gasteiger partial charge on any atom is -0.493 e. The third kappa shape index (κ3) is 4.26. The first-order valence-corrected chi connectivity index (χ1v) is 10.7. The monoisotopic (exact) mass is 436 g/mol. The molecule has 0 atom stereocenters. The average Bonchev–Trinajstić information content (AvgIpc) is 3.13. The van der Waals surface area contributed by atoms with E-state index in [-0.39, 0.29) is 17.5 Å². The number of benzene rings is 2. The molecule has 168 valence electrons. The first-order valence-electron chi connectivity index (χ1n) is 10.7. The number of likely N-dealkylation sites (tertiary alicyclic amines) is 1. The Morgan fingerprint density at radius 1 is 1.03 bits per heavy atom. The van der Waals surface area contributed by atoms with Crippen LogP contribution in [0, 0.1) is 0 Å². The van der Waals surface area contributed by atoms with Crippen LogP contribution in [0.5, 0.6) is 11.5 Å². The zero-order valence-corrected chi connectivity index (χ0v) is 18.7. The van der Waals surface area contributed by atoms with Crippen molar-refractivity contribution in [2.75, 3.05) is 27.3 Å². The minimum atomic E-state index is -0.154. The number of carbonyl (C=O) groups is 1. The molecule has 3 aromatic rings. The fraction of sp³-hybridized carbons (Fsp3) is 0.375. The lowest BCUT2D eigenvalue weighted by atomic mass is 9.95. The second kappa shape index (κ2) is 9.30. The van der Waals surface area contributed by atoms with Gasteiger partial charge in [0.05, 0.1) is 26.3 Å². The zero-order chi connectivity index (χ0) is 22.7. The third-order valence-electron chi connectivity index (χ3n) is 5.98. The van der Waals surface area contributed by atoms with Gasteiger partial charge in [-0.05, 0) is 42.7 Å². The third-order valence-corrected chi connectivity index (χ3v) is 5.98. The fourth-order valence-corrected chi connectivity index (χ4v) is 4.23. The number of methoxy groups -OCH3 is 2. The maximum atomic E-state index is 12.9. The fourth-order valence-electron chi connectivity index (χ4n) is 4.23. The molecule has 0 radical (unpaired) electrons. The van der Waals surface area contributed by atoms with Gasteiger partial charge in [0.25, 0.3) is 0 Å². The number of para-hydroxylation sites is 1. The summed E-state index contributed by atoms with van der Waals surface area (Å²) in [5, 5.41) is 4.52. The molecule has 8 heteroatoms. The van der Waals surface area contributed by atoms with E-state index in [0.717, 1.165) is 29.9 Å². The molecule has 1 aromatic heterocycles. The molecule has 1 fully saturated rings. The summed E-state index contributed by atoms with van der Waals surface area (Å²) in [5.74, 6) is 2.22. The van der Waals surface area contributed by atoms with E-state index < -0.39 is 0 Å². The van der Waals surface area contributed by atoms with Crippen LogP contribution in [0.15, 0.2) is 53.3 Å². The average molecular weight is 437 g/mol. The van der Waals surface area contributed by atoms with Crippen molar-refractivity contribution in [1.82, 2.24) is 19.2 Å². The first-order chi connectivity index (χ1) is 15.5. The molecule has 8 nitrogen and oxygen atoms in total. The van der Waals surface area contributed by atoms with Crippen LogP contribution < -0.4 is 15.2 Å². The number of aryl methyl sites for hydroxylation is 1. The second-order valence-corrected chi connectivity index (χ2v) is 7.96. The number of hydrogen-bond acceptors (Lipinski definition) is 5. The smallest absolute Gasteiger partial charge is 0.350 e. The largest absolute Gasteiger partial charge is 0.493 e. The van der Waals surface area contributed by atoms with Crippen LogP contribution in [0.4, 0.5) is 0 Å². The van der Waals surface area contributed by atoms with Gasteiger partial charge in [-0.15, -0.1) is 0 Å². The molecule has 32 heavy (non-hydrogen) atoms. The van der Waals surface area contributed by atoms with Crippen LogP contribution in [0.25, 0.3) is 5.69 Å². The summed E-state index contributed by atoms with van der Waals surface area (Å²) in [6.45, 7) is 1.27. The Balaban J connectivity index is 1.45. The summed E-state index contributed by atoms with van der Waals surface area (Å²) < 4.78 is 13.7. The van der Waals surface area contributed by atoms with Gasteiger partial charge >= 0.3 is 5.69 Å². The van der Waals surface area contributed by atoms with Crippen LogP contribution in [0.2, 0.25) is 0 Å². The predicted octanol–water partition coefficient (Wildman–Crippen LogP) is 2.54. The molecule has 0 bridgehead atoms. The Bertz CT molecular complexity index is 1140. The molecule has 1 aliphatic heterocycles. The molecule has 0 aliphatic carbocycles. The molecule has 1 amide bonds. The molecule has 4 rings (SSSR count). The van der Waals surface area contributed by atoms with Gasteiger partial charge in [0.2, 0.25) is 5.91 Å². The highest BCUT2D eigenvalue weighted by Gasteiger charge is 2.28. The summed E-state index contributed by atoms with van der Waals surface area (Å²) >= 11 is 0. The first kappa shape index (κ1) is 21.7. The van der Waals surface area contributed by atoms with Gasteiger partial charge < -0.3 is 14.4 Å². The second-order valence-electron chi connectivity index (χ2n) is 7.96. The normalized spacial score (nSPS) is 14.4. The van der Waals surface area contributed by atoms with E-state index in [1.54, 1.807) is 25.8 Å². The van der Waals surface area contributed by atoms with Crippen molar-refractivity contribution in [2.45, 2.75) is 25.2 Å². The Morgan fingerprint density at radius 3 is 2.38 bits per heavy atom. The van der Waals surface area contributed by atoms with Crippen LogP contribution in [0.3, 0.4) is 0 Å². The van der Waals surface area contributed by atoms with E-state index in [2.05, 4.69) is 5.10 Å². The molecule has 0 saturated carbocycles. The van der Waals surface area contributed by atoms with E-state index >= 15 is 0 Å². The van der Waals surface area contributed by atoms with Crippen LogP contribution in [-0.4, -0.2) is 52.5 Å². The number of piperidine rings is 1. The lowest BCUT2D eigenvalue weighted by Crippen LogP contribution is -2.39. The number of hydrogen-bond donors (Lipinski definition) is 0. The molecule has 0 N–H and O–H groups in total. The maximum Gasteiger partial charge on any atom is 0.350 e. The zero-order valence-electron chi connectivity index (χ0n) is 18.7. The number of amides is 1. The Hall–Kier alpha value is -3.55. The quantitative estimate of drug-likeness (QED) is 0.593. The van der Waals surface area contributed by atoms with E-state index in [0.29, 0.717) is 31.0 Å². The summed E-state index contributed by atoms with van der Waals surface area (Å²) in [7, 11) is 4.85. The van der Waals surface area contributed by atoms with Crippen molar-refractivity contribution in [3.8, 4) is 17.2 Å². The summed E-state index contributed by atoms with van der Waals surface area (Å²) in [5.41, 5.74) is 1.54. The number of ether oxygens (including phenoxy) is 2. The molecular weight excluding hydrogens is 408 g/mol. The summed E-state index contributed by atoms with van der Waals surface area (Å²) in [4.78, 5) is 27.5. The topological polar surface area (TPSA) is 78.6 Å². The van der Waals surface area contributed by atoms with E-state index in [1.807, 2.05) is 53.4 Å². The number of aromatic nitrogens is 3. The van der Waals surface area contributed by atoms with E-state index in [9.17, 15) is 9.59 Å². The highest BCUT2D eigenvalue weighted by molar-refractivity contribution is 5.79. The standard InChI is InChI=1S/C24H28N4O4/c1-26-24(30)28(19-7-5-4-6-8-19)23(25-26)18-11-13-27(14-12-18)22(29)16-17-9-10-20(31-2)21(15-17)32-3/h4-10,15,18H,11-14,16H2,1-3H3. The Morgan fingerprint density at radius 2 is 1.72 bits per heavy atom. The van der Waals surface area contributed by atoms with Gasteiger partial charge in [-0.3, -0.25) is 4.79 Å². The Labute approximate surface area is 187 Å². The van der Waals surface area contributed by atoms with Crippen molar-refractivity contribution in [3.63, 3.8) is 0 Å². The van der Waals surface area contributed by atoms with Gasteiger partial charge in [0, 0.05) is 26.1 Å². The van der Waals surface area contributed by atoms with Gasteiger partial charge in [-0.1, -0.05) is 24.3 Å². The van der Waals surface area contributed by atoms with Gasteiger partial charge in [-0.25, -0.2) is 14.0 Å². The van der Waals surface area contributed by atoms with Gasteiger partial charge in [0.1, 0.15) is 5.82 Å². The molecule has 2 aromatic carbocycles. The van der Waals surface area contributed by atoms with Crippen molar-refractivity contribution < 1.29 is 14.3 Å². The number of nitrogens with zero attached hydrogens (tertiary/aromatic N) is 4. The SMILES string of the molecule is COc1ccc(CC(=O)N2CCC(c3nn(C)c(=O)n3-c3ccccc3)CC2)cc1OC. The van der Waals surface area contributed by atoms with Crippen LogP contribution in [-0.2, 0) is 18.3 Å². The molecule has 2 heterocycles. The predicted molar refractivity (Wildman–Crippen MR) is 121 cm³/mol. The number of rotatable bonds is 6. The van der Waals surface area contributed by atoms with Crippen molar-refractivity contribution >= 4 is 5.91 Å². The van der Waals surface area contributed by atoms with Gasteiger partial charge in [-0.2, -0.15) is 5.10 Å². The van der Waals surface area contributed by atoms with Crippen LogP contribution in [0.1, 0.15) is 30.1 Å². The van der Waals surface area contributed by atoms with Crippen molar-refractivity contribution in [1.29, 1.82) is 0 Å². The molecule has 0 unspecified atom stereocenters. The molecule has 1 saturated heterocycles. The number of carbonyl (C=O) groups excluding carboxylic acids is 1. The highest BCUT2D eigenvalue weighted by atomic mass is 16.5. The minimum absolute atomic E-state index is 0.0807. The molecule has 1 aliphatic rings. The Kier molecular flexibility index (Phi) is 6.30. The van der Waals surface area contributed by atoms with Crippen molar-refractivity contribution in [2.24, 2.45) is 7.05 Å². The van der Waals surface area contributed by atoms with Crippen molar-refractivity contribution in [3.05, 3.63) is 70.4 Å². The summed E-state index contributed by atoms with van der Waals surface area (Å²) in [6.07, 6.45) is 1.84. The highest BCUT2D eigenvalue weighted by Crippen LogP contribution is 2.30. The van der Waals surface area contributed by atoms with Gasteiger partial charge in [0.15, 0.2) is 11.5 Å². The van der Waals surface area contributed by atoms with E-state index in [1.165, 1.54) is 4.68 Å². The maximum absolute atomic E-state index is 12.9. The lowest BCUT2D eigenvalue weighted by molar-refractivity contribution is -0.131. The molecule has 0 spiro atoms. The lowest BCUT2D eigenvalue weighted by Gasteiger charge is -2.31. The summed E-state index contributed by atoms with van der Waals surface area (Å²) in [6, 6.07) is 15.1.